The summed E-state index contributed by atoms with van der Waals surface area (Å²) < 4.78 is 0. The fraction of sp³-hybridized carbons (Fsp3) is 0.765. The lowest BCUT2D eigenvalue weighted by Crippen LogP contribution is -2.60. The third kappa shape index (κ3) is 18.8. The highest BCUT2D eigenvalue weighted by atomic mass is 32.1. The molecule has 0 aliphatic carbocycles. The molecule has 14 N–H and O–H groups in total. The van der Waals surface area contributed by atoms with E-state index in [0.29, 0.717) is 38.6 Å². The summed E-state index contributed by atoms with van der Waals surface area (Å²) >= 11 is 3.91. The number of rotatable bonds is 28. The number of carboxylic acids is 2. The van der Waals surface area contributed by atoms with Crippen LogP contribution < -0.4 is 49.1 Å². The lowest BCUT2D eigenvalue weighted by atomic mass is 9.96. The molecule has 0 spiro atoms. The maximum absolute atomic E-state index is 13.7. The van der Waals surface area contributed by atoms with Gasteiger partial charge in [0.05, 0.1) is 6.04 Å². The number of amides is 6. The van der Waals surface area contributed by atoms with Crippen molar-refractivity contribution in [2.45, 2.75) is 135 Å². The van der Waals surface area contributed by atoms with Gasteiger partial charge in [0.15, 0.2) is 0 Å². The summed E-state index contributed by atoms with van der Waals surface area (Å²) in [6.07, 6.45) is 1.51. The first kappa shape index (κ1) is 50.0. The molecule has 0 aliphatic rings. The smallest absolute Gasteiger partial charge is 0.327 e. The third-order valence-corrected chi connectivity index (χ3v) is 9.17. The molecule has 0 aliphatic heterocycles. The highest BCUT2D eigenvalue weighted by molar-refractivity contribution is 7.80. The van der Waals surface area contributed by atoms with Gasteiger partial charge in [-0.3, -0.25) is 33.6 Å². The zero-order chi connectivity index (χ0) is 41.5. The quantitative estimate of drug-likeness (QED) is 0.0304. The first-order valence-corrected chi connectivity index (χ1v) is 19.0. The first-order valence-electron chi connectivity index (χ1n) is 18.4. The number of carbonyl (C=O) groups is 8. The Morgan fingerprint density at radius 2 is 1.04 bits per heavy atom. The van der Waals surface area contributed by atoms with E-state index < -0.39 is 102 Å². The summed E-state index contributed by atoms with van der Waals surface area (Å²) in [5.74, 6) is -7.91. The largest absolute Gasteiger partial charge is 0.481 e. The average molecular weight is 790 g/mol. The van der Waals surface area contributed by atoms with Gasteiger partial charge in [0.2, 0.25) is 35.4 Å². The van der Waals surface area contributed by atoms with E-state index in [1.807, 2.05) is 0 Å². The molecule has 8 atom stereocenters. The molecule has 54 heavy (non-hydrogen) atoms. The van der Waals surface area contributed by atoms with Gasteiger partial charge in [-0.25, -0.2) is 4.79 Å². The SMILES string of the molecule is CC[C@H](C)[C@H](NC(=O)[C@@H](N)C(C)C)C(=O)N[C@@H](CCC(=O)O)C(=O)N[C@@H](CCCCN)C(=O)N[C@@H](CCCCN)C(=O)N[C@@H](C)C(=O)N[C@@H](CS)C(=O)O. The standard InChI is InChI=1S/C34H63N9O10S/c1-6-19(4)27(43-32(50)26(37)18(2)3)33(51)41-23(13-14-25(44)45)31(49)40-22(12-8-10-16-36)30(48)39-21(11-7-9-15-35)29(47)38-20(5)28(46)42-24(17-54)34(52)53/h18-24,26-27,54H,6-17,35-37H2,1-5H3,(H,38,47)(H,39,48)(H,40,49)(H,41,51)(H,42,46)(H,43,50)(H,44,45)(H,52,53)/t19-,20-,21-,22-,23-,24-,26-,27-/m0/s1. The van der Waals surface area contributed by atoms with Crippen molar-refractivity contribution in [3.05, 3.63) is 0 Å². The molecule has 0 unspecified atom stereocenters. The van der Waals surface area contributed by atoms with E-state index in [2.05, 4.69) is 44.5 Å². The van der Waals surface area contributed by atoms with Crippen LogP contribution in [-0.2, 0) is 38.4 Å². The van der Waals surface area contributed by atoms with Gasteiger partial charge >= 0.3 is 11.9 Å². The average Bonchev–Trinajstić information content (AvgIpc) is 3.12. The number of hydrogen-bond donors (Lipinski definition) is 12. The Labute approximate surface area is 322 Å². The normalized spacial score (nSPS) is 15.6. The Bertz CT molecular complexity index is 1260. The Morgan fingerprint density at radius 3 is 1.44 bits per heavy atom. The molecule has 0 saturated heterocycles. The summed E-state index contributed by atoms with van der Waals surface area (Å²) in [7, 11) is 0. The zero-order valence-electron chi connectivity index (χ0n) is 32.0. The second kappa shape index (κ2) is 26.7. The molecule has 0 radical (unpaired) electrons. The number of thiol groups is 1. The molecule has 0 bridgehead atoms. The molecule has 0 rings (SSSR count). The third-order valence-electron chi connectivity index (χ3n) is 8.80. The van der Waals surface area contributed by atoms with Crippen molar-refractivity contribution in [2.24, 2.45) is 29.0 Å². The van der Waals surface area contributed by atoms with Crippen LogP contribution in [0.2, 0.25) is 0 Å². The molecular weight excluding hydrogens is 726 g/mol. The van der Waals surface area contributed by atoms with Gasteiger partial charge in [-0.2, -0.15) is 12.6 Å². The number of nitrogens with one attached hydrogen (secondary N) is 6. The molecule has 310 valence electrons. The molecule has 19 nitrogen and oxygen atoms in total. The van der Waals surface area contributed by atoms with Crippen molar-refractivity contribution in [3.8, 4) is 0 Å². The lowest BCUT2D eigenvalue weighted by Gasteiger charge is -2.29. The van der Waals surface area contributed by atoms with Crippen molar-refractivity contribution in [3.63, 3.8) is 0 Å². The molecule has 20 heteroatoms. The number of carbonyl (C=O) groups excluding carboxylic acids is 6. The molecular formula is C34H63N9O10S. The summed E-state index contributed by atoms with van der Waals surface area (Å²) in [6.45, 7) is 8.92. The first-order chi connectivity index (χ1) is 25.3. The number of hydrogen-bond acceptors (Lipinski definition) is 12. The number of aliphatic carboxylic acids is 2. The van der Waals surface area contributed by atoms with E-state index in [4.69, 9.17) is 17.2 Å². The van der Waals surface area contributed by atoms with Crippen LogP contribution >= 0.6 is 12.6 Å². The van der Waals surface area contributed by atoms with Crippen LogP contribution in [0, 0.1) is 11.8 Å². The van der Waals surface area contributed by atoms with Gasteiger partial charge in [-0.1, -0.05) is 34.1 Å². The summed E-state index contributed by atoms with van der Waals surface area (Å²) in [6, 6.07) is -8.42. The molecule has 0 aromatic rings. The number of unbranched alkanes of at least 4 members (excludes halogenated alkanes) is 2. The van der Waals surface area contributed by atoms with E-state index in [-0.39, 0.29) is 37.5 Å². The topological polar surface area (TPSA) is 327 Å². The van der Waals surface area contributed by atoms with Crippen molar-refractivity contribution in [1.29, 1.82) is 0 Å². The molecule has 0 fully saturated rings. The van der Waals surface area contributed by atoms with E-state index in [9.17, 15) is 48.6 Å². The Balaban J connectivity index is 6.29. The van der Waals surface area contributed by atoms with Crippen LogP contribution in [0.15, 0.2) is 0 Å². The molecule has 0 saturated carbocycles. The minimum atomic E-state index is -1.43. The lowest BCUT2D eigenvalue weighted by molar-refractivity contribution is -0.141. The van der Waals surface area contributed by atoms with E-state index >= 15 is 0 Å². The predicted octanol–water partition coefficient (Wildman–Crippen LogP) is -1.92. The second-order valence-corrected chi connectivity index (χ2v) is 14.0. The van der Waals surface area contributed by atoms with Gasteiger partial charge < -0.3 is 59.3 Å². The van der Waals surface area contributed by atoms with Gasteiger partial charge in [-0.05, 0) is 76.8 Å². The molecule has 0 aromatic carbocycles. The van der Waals surface area contributed by atoms with Gasteiger partial charge in [-0.15, -0.1) is 0 Å². The fourth-order valence-corrected chi connectivity index (χ4v) is 5.23. The summed E-state index contributed by atoms with van der Waals surface area (Å²) in [4.78, 5) is 103. The van der Waals surface area contributed by atoms with Crippen LogP contribution in [0.3, 0.4) is 0 Å². The van der Waals surface area contributed by atoms with Crippen LogP contribution in [0.4, 0.5) is 0 Å². The van der Waals surface area contributed by atoms with Gasteiger partial charge in [0, 0.05) is 12.2 Å². The van der Waals surface area contributed by atoms with E-state index in [1.165, 1.54) is 6.92 Å². The van der Waals surface area contributed by atoms with Gasteiger partial charge in [0.25, 0.3) is 0 Å². The van der Waals surface area contributed by atoms with Crippen LogP contribution in [0.25, 0.3) is 0 Å². The summed E-state index contributed by atoms with van der Waals surface area (Å²) in [5, 5.41) is 33.7. The van der Waals surface area contributed by atoms with Crippen LogP contribution in [0.1, 0.15) is 92.4 Å². The predicted molar refractivity (Wildman–Crippen MR) is 204 cm³/mol. The van der Waals surface area contributed by atoms with Gasteiger partial charge in [0.1, 0.15) is 36.3 Å². The highest BCUT2D eigenvalue weighted by Gasteiger charge is 2.34. The second-order valence-electron chi connectivity index (χ2n) is 13.6. The Morgan fingerprint density at radius 1 is 0.593 bits per heavy atom. The molecule has 0 aromatic heterocycles. The van der Waals surface area contributed by atoms with Crippen LogP contribution in [0.5, 0.6) is 0 Å². The Kier molecular flexibility index (Phi) is 24.7. The highest BCUT2D eigenvalue weighted by Crippen LogP contribution is 2.12. The zero-order valence-corrected chi connectivity index (χ0v) is 32.9. The van der Waals surface area contributed by atoms with Crippen molar-refractivity contribution < 1.29 is 48.6 Å². The minimum Gasteiger partial charge on any atom is -0.481 e. The molecule has 0 heterocycles. The van der Waals surface area contributed by atoms with Crippen molar-refractivity contribution >= 4 is 60.0 Å². The summed E-state index contributed by atoms with van der Waals surface area (Å²) in [5.41, 5.74) is 17.3. The van der Waals surface area contributed by atoms with Crippen molar-refractivity contribution in [2.75, 3.05) is 18.8 Å². The van der Waals surface area contributed by atoms with E-state index in [0.717, 1.165) is 0 Å². The maximum atomic E-state index is 13.7. The number of carboxylic acid groups (broad SMARTS) is 2. The fourth-order valence-electron chi connectivity index (χ4n) is 4.98. The minimum absolute atomic E-state index is 0.0588. The van der Waals surface area contributed by atoms with Crippen molar-refractivity contribution in [1.82, 2.24) is 31.9 Å². The maximum Gasteiger partial charge on any atom is 0.327 e. The Hall–Kier alpha value is -4.01. The number of nitrogens with two attached hydrogens (primary N) is 3. The van der Waals surface area contributed by atoms with Crippen LogP contribution in [-0.4, -0.2) is 119 Å². The van der Waals surface area contributed by atoms with E-state index in [1.54, 1.807) is 27.7 Å². The monoisotopic (exact) mass is 789 g/mol. The molecule has 6 amide bonds.